The van der Waals surface area contributed by atoms with Crippen LogP contribution in [0, 0.1) is 5.82 Å². The minimum atomic E-state index is -0.427. The Labute approximate surface area is 87.8 Å². The zero-order valence-electron chi connectivity index (χ0n) is 5.52. The fourth-order valence-electron chi connectivity index (χ4n) is 0.562. The minimum Gasteiger partial charge on any atom is -0.399 e. The van der Waals surface area contributed by atoms with Gasteiger partial charge in [-0.3, -0.25) is 0 Å². The van der Waals surface area contributed by atoms with Crippen molar-refractivity contribution in [1.82, 2.24) is 0 Å². The molecule has 0 heterocycles. The standard InChI is InChI=1S/C6H7FN2.I2/c7-5-2-1-4(8)3-6(5)9;1-2/h1-3H,8-9H2;. The van der Waals surface area contributed by atoms with E-state index in [9.17, 15) is 4.39 Å². The Bertz CT molecular complexity index is 230. The van der Waals surface area contributed by atoms with Crippen LogP contribution in [0.3, 0.4) is 0 Å². The highest BCUT2D eigenvalue weighted by atomic mass is 128. The van der Waals surface area contributed by atoms with E-state index in [1.807, 2.05) is 0 Å². The molecule has 0 amide bonds. The molecule has 0 aliphatic rings. The van der Waals surface area contributed by atoms with Gasteiger partial charge >= 0.3 is 0 Å². The van der Waals surface area contributed by atoms with Crippen LogP contribution in [0.5, 0.6) is 0 Å². The largest absolute Gasteiger partial charge is 0.399 e. The average Bonchev–Trinajstić information content (AvgIpc) is 2.02. The highest BCUT2D eigenvalue weighted by Crippen LogP contribution is 2.12. The smallest absolute Gasteiger partial charge is 0.146 e. The van der Waals surface area contributed by atoms with Gasteiger partial charge in [-0.05, 0) is 18.2 Å². The first kappa shape index (κ1) is 11.2. The molecule has 0 bridgehead atoms. The second-order valence-corrected chi connectivity index (χ2v) is 1.78. The van der Waals surface area contributed by atoms with E-state index >= 15 is 0 Å². The molecule has 0 aliphatic carbocycles. The van der Waals surface area contributed by atoms with Crippen LogP contribution >= 0.6 is 37.2 Å². The summed E-state index contributed by atoms with van der Waals surface area (Å²) in [4.78, 5) is 0. The van der Waals surface area contributed by atoms with E-state index in [1.165, 1.54) is 18.2 Å². The fourth-order valence-corrected chi connectivity index (χ4v) is 0.562. The third kappa shape index (κ3) is 3.94. The first-order valence-corrected chi connectivity index (χ1v) is 8.93. The summed E-state index contributed by atoms with van der Waals surface area (Å²) in [7, 11) is 0. The van der Waals surface area contributed by atoms with E-state index < -0.39 is 5.82 Å². The molecule has 11 heavy (non-hydrogen) atoms. The van der Waals surface area contributed by atoms with Crippen LogP contribution in [0.1, 0.15) is 0 Å². The fraction of sp³-hybridized carbons (Fsp3) is 0. The van der Waals surface area contributed by atoms with Crippen molar-refractivity contribution in [1.29, 1.82) is 0 Å². The van der Waals surface area contributed by atoms with Crippen molar-refractivity contribution in [2.75, 3.05) is 11.5 Å². The molecule has 0 atom stereocenters. The molecule has 0 radical (unpaired) electrons. The topological polar surface area (TPSA) is 52.0 Å². The van der Waals surface area contributed by atoms with Crippen molar-refractivity contribution in [2.45, 2.75) is 0 Å². The number of benzene rings is 1. The van der Waals surface area contributed by atoms with Gasteiger partial charge in [-0.1, -0.05) is 0 Å². The van der Waals surface area contributed by atoms with E-state index in [0.717, 1.165) is 0 Å². The maximum Gasteiger partial charge on any atom is 0.146 e. The number of hydrogen-bond donors (Lipinski definition) is 2. The van der Waals surface area contributed by atoms with Crippen LogP contribution < -0.4 is 11.5 Å². The first-order valence-electron chi connectivity index (χ1n) is 2.65. The van der Waals surface area contributed by atoms with Gasteiger partial charge in [0.2, 0.25) is 0 Å². The number of halogens is 3. The van der Waals surface area contributed by atoms with Crippen LogP contribution in [0.25, 0.3) is 0 Å². The zero-order chi connectivity index (χ0) is 8.85. The van der Waals surface area contributed by atoms with Gasteiger partial charge in [0, 0.05) is 42.9 Å². The van der Waals surface area contributed by atoms with Gasteiger partial charge in [-0.2, -0.15) is 0 Å². The molecule has 0 unspecified atom stereocenters. The van der Waals surface area contributed by atoms with E-state index in [1.54, 1.807) is 0 Å². The van der Waals surface area contributed by atoms with Gasteiger partial charge in [0.05, 0.1) is 5.69 Å². The van der Waals surface area contributed by atoms with Crippen molar-refractivity contribution in [3.63, 3.8) is 0 Å². The van der Waals surface area contributed by atoms with Gasteiger partial charge in [0.25, 0.3) is 0 Å². The Morgan fingerprint density at radius 1 is 1.18 bits per heavy atom. The van der Waals surface area contributed by atoms with E-state index in [4.69, 9.17) is 11.5 Å². The summed E-state index contributed by atoms with van der Waals surface area (Å²) in [6.07, 6.45) is 0. The molecule has 5 heteroatoms. The Balaban J connectivity index is 0.000000461. The molecule has 0 saturated carbocycles. The number of hydrogen-bond acceptors (Lipinski definition) is 2. The Kier molecular flexibility index (Phi) is 5.92. The van der Waals surface area contributed by atoms with Crippen LogP contribution in [-0.4, -0.2) is 0 Å². The lowest BCUT2D eigenvalue weighted by Gasteiger charge is -1.95. The molecule has 1 aromatic rings. The molecular formula is C6H7FI2N2. The summed E-state index contributed by atoms with van der Waals surface area (Å²) < 4.78 is 12.3. The molecule has 0 aromatic heterocycles. The molecule has 62 valence electrons. The third-order valence-electron chi connectivity index (χ3n) is 1.02. The molecule has 0 spiro atoms. The highest BCUT2D eigenvalue weighted by molar-refractivity contribution is 15.0. The predicted octanol–water partition coefficient (Wildman–Crippen LogP) is 2.76. The van der Waals surface area contributed by atoms with Crippen molar-refractivity contribution in [3.8, 4) is 0 Å². The van der Waals surface area contributed by atoms with Crippen LogP contribution in [-0.2, 0) is 0 Å². The Morgan fingerprint density at radius 3 is 2.09 bits per heavy atom. The molecule has 1 aromatic carbocycles. The first-order chi connectivity index (χ1) is 5.20. The minimum absolute atomic E-state index is 0.0926. The maximum atomic E-state index is 12.3. The SMILES string of the molecule is II.Nc1ccc(F)c(N)c1. The quantitative estimate of drug-likeness (QED) is 0.538. The van der Waals surface area contributed by atoms with E-state index in [0.29, 0.717) is 5.69 Å². The van der Waals surface area contributed by atoms with Gasteiger partial charge in [0.1, 0.15) is 5.82 Å². The number of rotatable bonds is 0. The Morgan fingerprint density at radius 2 is 1.73 bits per heavy atom. The van der Waals surface area contributed by atoms with Crippen molar-refractivity contribution < 1.29 is 4.39 Å². The Hall–Kier alpha value is 0.210. The van der Waals surface area contributed by atoms with Gasteiger partial charge in [-0.25, -0.2) is 4.39 Å². The summed E-state index contributed by atoms with van der Waals surface area (Å²) in [6, 6.07) is 4.09. The van der Waals surface area contributed by atoms with Crippen LogP contribution in [0.4, 0.5) is 15.8 Å². The maximum absolute atomic E-state index is 12.3. The predicted molar refractivity (Wildman–Crippen MR) is 63.3 cm³/mol. The second-order valence-electron chi connectivity index (χ2n) is 1.78. The van der Waals surface area contributed by atoms with Gasteiger partial charge in [-0.15, -0.1) is 0 Å². The van der Waals surface area contributed by atoms with Crippen LogP contribution in [0.15, 0.2) is 18.2 Å². The molecule has 0 aliphatic heterocycles. The summed E-state index contributed by atoms with van der Waals surface area (Å²) in [5.41, 5.74) is 11.0. The van der Waals surface area contributed by atoms with E-state index in [-0.39, 0.29) is 5.69 Å². The zero-order valence-corrected chi connectivity index (χ0v) is 9.84. The number of anilines is 2. The van der Waals surface area contributed by atoms with Crippen molar-refractivity contribution >= 4 is 48.6 Å². The monoisotopic (exact) mass is 380 g/mol. The third-order valence-corrected chi connectivity index (χ3v) is 1.02. The van der Waals surface area contributed by atoms with Gasteiger partial charge < -0.3 is 11.5 Å². The molecule has 1 rings (SSSR count). The highest BCUT2D eigenvalue weighted by Gasteiger charge is 1.94. The molecule has 0 fully saturated rings. The van der Waals surface area contributed by atoms with Crippen LogP contribution in [0.2, 0.25) is 0 Å². The lowest BCUT2D eigenvalue weighted by atomic mass is 10.3. The van der Waals surface area contributed by atoms with Crippen molar-refractivity contribution in [3.05, 3.63) is 24.0 Å². The lowest BCUT2D eigenvalue weighted by Crippen LogP contribution is -1.92. The summed E-state index contributed by atoms with van der Waals surface area (Å²) >= 11 is 4.24. The molecule has 4 N–H and O–H groups in total. The summed E-state index contributed by atoms with van der Waals surface area (Å²) in [5, 5.41) is 0. The number of nitrogen functional groups attached to an aromatic ring is 2. The lowest BCUT2D eigenvalue weighted by molar-refractivity contribution is 0.633. The molecular weight excluding hydrogens is 373 g/mol. The summed E-state index contributed by atoms with van der Waals surface area (Å²) in [5.74, 6) is -0.427. The second kappa shape index (κ2) is 5.81. The molecule has 0 saturated heterocycles. The summed E-state index contributed by atoms with van der Waals surface area (Å²) in [6.45, 7) is 0. The van der Waals surface area contributed by atoms with Gasteiger partial charge in [0.15, 0.2) is 0 Å². The van der Waals surface area contributed by atoms with Crippen molar-refractivity contribution in [2.24, 2.45) is 0 Å². The normalized spacial score (nSPS) is 8.27. The molecule has 2 nitrogen and oxygen atoms in total. The number of nitrogens with two attached hydrogens (primary N) is 2. The average molecular weight is 380 g/mol. The van der Waals surface area contributed by atoms with E-state index in [2.05, 4.69) is 37.2 Å².